The maximum Gasteiger partial charge on any atom is 0.225 e. The van der Waals surface area contributed by atoms with Crippen molar-refractivity contribution in [1.82, 2.24) is 15.5 Å². The third-order valence-electron chi connectivity index (χ3n) is 2.56. The normalized spacial score (nSPS) is 26.1. The Morgan fingerprint density at radius 1 is 1.50 bits per heavy atom. The second kappa shape index (κ2) is 3.03. The van der Waals surface area contributed by atoms with Crippen molar-refractivity contribution in [1.29, 1.82) is 0 Å². The average molecular weight is 169 g/mol. The first-order valence-electron chi connectivity index (χ1n) is 4.45. The van der Waals surface area contributed by atoms with Crippen molar-refractivity contribution in [2.75, 3.05) is 33.2 Å². The highest BCUT2D eigenvalue weighted by Gasteiger charge is 2.30. The van der Waals surface area contributed by atoms with Crippen LogP contribution >= 0.6 is 0 Å². The summed E-state index contributed by atoms with van der Waals surface area (Å²) in [4.78, 5) is 13.6. The van der Waals surface area contributed by atoms with Gasteiger partial charge in [0, 0.05) is 26.2 Å². The lowest BCUT2D eigenvalue weighted by atomic mass is 10.0. The second-order valence-corrected chi connectivity index (χ2v) is 3.78. The van der Waals surface area contributed by atoms with Gasteiger partial charge in [-0.05, 0) is 7.05 Å². The predicted molar refractivity (Wildman–Crippen MR) is 45.8 cm³/mol. The van der Waals surface area contributed by atoms with Crippen molar-refractivity contribution < 1.29 is 4.79 Å². The highest BCUT2D eigenvalue weighted by Crippen LogP contribution is 2.07. The molecule has 0 aromatic rings. The van der Waals surface area contributed by atoms with Gasteiger partial charge in [-0.1, -0.05) is 0 Å². The van der Waals surface area contributed by atoms with E-state index in [2.05, 4.69) is 22.6 Å². The van der Waals surface area contributed by atoms with Crippen LogP contribution in [-0.4, -0.2) is 50.1 Å². The van der Waals surface area contributed by atoms with E-state index in [0.29, 0.717) is 6.04 Å². The molecule has 4 heteroatoms. The van der Waals surface area contributed by atoms with Crippen LogP contribution in [0.15, 0.2) is 0 Å². The van der Waals surface area contributed by atoms with Gasteiger partial charge in [0.25, 0.3) is 0 Å². The molecule has 0 unspecified atom stereocenters. The van der Waals surface area contributed by atoms with E-state index in [1.165, 1.54) is 0 Å². The Kier molecular flexibility index (Phi) is 2.02. The van der Waals surface area contributed by atoms with Gasteiger partial charge in [0.2, 0.25) is 5.91 Å². The third-order valence-corrected chi connectivity index (χ3v) is 2.56. The molecule has 1 amide bonds. The molecule has 0 radical (unpaired) electrons. The van der Waals surface area contributed by atoms with E-state index in [1.807, 2.05) is 0 Å². The quantitative estimate of drug-likeness (QED) is 0.536. The van der Waals surface area contributed by atoms with E-state index >= 15 is 0 Å². The topological polar surface area (TPSA) is 44.4 Å². The van der Waals surface area contributed by atoms with Gasteiger partial charge in [0.1, 0.15) is 0 Å². The molecule has 0 aromatic carbocycles. The minimum Gasteiger partial charge on any atom is -0.350 e. The van der Waals surface area contributed by atoms with Gasteiger partial charge in [0.05, 0.1) is 12.0 Å². The van der Waals surface area contributed by atoms with Crippen LogP contribution in [0.3, 0.4) is 0 Å². The summed E-state index contributed by atoms with van der Waals surface area (Å²) in [7, 11) is 2.06. The van der Waals surface area contributed by atoms with Crippen LogP contribution in [0, 0.1) is 5.92 Å². The summed E-state index contributed by atoms with van der Waals surface area (Å²) < 4.78 is 0. The lowest BCUT2D eigenvalue weighted by Gasteiger charge is -2.38. The Morgan fingerprint density at radius 3 is 2.58 bits per heavy atom. The van der Waals surface area contributed by atoms with Crippen molar-refractivity contribution in [3.63, 3.8) is 0 Å². The van der Waals surface area contributed by atoms with Gasteiger partial charge in [-0.2, -0.15) is 0 Å². The summed E-state index contributed by atoms with van der Waals surface area (Å²) in [6.45, 7) is 3.72. The van der Waals surface area contributed by atoms with Gasteiger partial charge in [-0.25, -0.2) is 0 Å². The maximum atomic E-state index is 11.4. The molecule has 0 aromatic heterocycles. The first kappa shape index (κ1) is 8.01. The molecule has 0 saturated carbocycles. The zero-order valence-corrected chi connectivity index (χ0v) is 7.34. The van der Waals surface area contributed by atoms with Crippen molar-refractivity contribution in [2.24, 2.45) is 5.92 Å². The maximum absolute atomic E-state index is 11.4. The number of nitrogens with zero attached hydrogens (tertiary/aromatic N) is 1. The molecule has 0 atom stereocenters. The zero-order valence-electron chi connectivity index (χ0n) is 7.34. The summed E-state index contributed by atoms with van der Waals surface area (Å²) in [5, 5.41) is 6.12. The molecule has 0 bridgehead atoms. The summed E-state index contributed by atoms with van der Waals surface area (Å²) in [6, 6.07) is 0.406. The molecular formula is C8H15N3O. The largest absolute Gasteiger partial charge is 0.350 e. The molecule has 2 fully saturated rings. The Labute approximate surface area is 72.3 Å². The van der Waals surface area contributed by atoms with Crippen LogP contribution in [0.5, 0.6) is 0 Å². The molecule has 2 aliphatic rings. The van der Waals surface area contributed by atoms with Crippen LogP contribution in [0.2, 0.25) is 0 Å². The smallest absolute Gasteiger partial charge is 0.225 e. The van der Waals surface area contributed by atoms with E-state index in [-0.39, 0.29) is 11.8 Å². The standard InChI is InChI=1S/C8H15N3O/c1-11-4-7(5-11)10-8(12)6-2-9-3-6/h6-7,9H,2-5H2,1H3,(H,10,12). The first-order valence-corrected chi connectivity index (χ1v) is 4.45. The molecule has 4 nitrogen and oxygen atoms in total. The predicted octanol–water partition coefficient (Wildman–Crippen LogP) is -1.36. The van der Waals surface area contributed by atoms with Crippen LogP contribution in [-0.2, 0) is 4.79 Å². The number of likely N-dealkylation sites (tertiary alicyclic amines) is 1. The van der Waals surface area contributed by atoms with E-state index in [0.717, 1.165) is 26.2 Å². The molecule has 2 heterocycles. The van der Waals surface area contributed by atoms with E-state index in [4.69, 9.17) is 0 Å². The van der Waals surface area contributed by atoms with Crippen molar-refractivity contribution in [3.8, 4) is 0 Å². The molecule has 0 spiro atoms. The Balaban J connectivity index is 1.69. The fraction of sp³-hybridized carbons (Fsp3) is 0.875. The van der Waals surface area contributed by atoms with E-state index in [1.54, 1.807) is 0 Å². The summed E-state index contributed by atoms with van der Waals surface area (Å²) in [5.41, 5.74) is 0. The van der Waals surface area contributed by atoms with Crippen LogP contribution in [0.4, 0.5) is 0 Å². The van der Waals surface area contributed by atoms with E-state index < -0.39 is 0 Å². The van der Waals surface area contributed by atoms with Gasteiger partial charge < -0.3 is 15.5 Å². The monoisotopic (exact) mass is 169 g/mol. The first-order chi connectivity index (χ1) is 5.75. The molecule has 2 saturated heterocycles. The molecule has 68 valence electrons. The number of hydrogen-bond acceptors (Lipinski definition) is 3. The number of hydrogen-bond donors (Lipinski definition) is 2. The molecular weight excluding hydrogens is 154 g/mol. The molecule has 2 rings (SSSR count). The highest BCUT2D eigenvalue weighted by atomic mass is 16.2. The van der Waals surface area contributed by atoms with Crippen LogP contribution in [0.25, 0.3) is 0 Å². The Morgan fingerprint density at radius 2 is 2.17 bits per heavy atom. The van der Waals surface area contributed by atoms with E-state index in [9.17, 15) is 4.79 Å². The van der Waals surface area contributed by atoms with Crippen LogP contribution < -0.4 is 10.6 Å². The Bertz CT molecular complexity index is 185. The molecule has 2 aliphatic heterocycles. The molecule has 0 aliphatic carbocycles. The van der Waals surface area contributed by atoms with Crippen LogP contribution in [0.1, 0.15) is 0 Å². The molecule has 2 N–H and O–H groups in total. The van der Waals surface area contributed by atoms with Crippen molar-refractivity contribution >= 4 is 5.91 Å². The summed E-state index contributed by atoms with van der Waals surface area (Å²) >= 11 is 0. The van der Waals surface area contributed by atoms with Crippen molar-refractivity contribution in [3.05, 3.63) is 0 Å². The molecule has 12 heavy (non-hydrogen) atoms. The minimum absolute atomic E-state index is 0.229. The minimum atomic E-state index is 0.229. The number of carbonyl (C=O) groups excluding carboxylic acids is 1. The van der Waals surface area contributed by atoms with Gasteiger partial charge in [-0.3, -0.25) is 4.79 Å². The zero-order chi connectivity index (χ0) is 8.55. The number of carbonyl (C=O) groups is 1. The Hall–Kier alpha value is -0.610. The fourth-order valence-corrected chi connectivity index (χ4v) is 1.58. The fourth-order valence-electron chi connectivity index (χ4n) is 1.58. The van der Waals surface area contributed by atoms with Gasteiger partial charge in [-0.15, -0.1) is 0 Å². The van der Waals surface area contributed by atoms with Gasteiger partial charge in [0.15, 0.2) is 0 Å². The SMILES string of the molecule is CN1CC(NC(=O)C2CNC2)C1. The summed E-state index contributed by atoms with van der Waals surface area (Å²) in [5.74, 6) is 0.461. The number of amides is 1. The second-order valence-electron chi connectivity index (χ2n) is 3.78. The average Bonchev–Trinajstić information content (AvgIpc) is 1.79. The summed E-state index contributed by atoms with van der Waals surface area (Å²) in [6.07, 6.45) is 0. The number of likely N-dealkylation sites (N-methyl/N-ethyl adjacent to an activating group) is 1. The lowest BCUT2D eigenvalue weighted by molar-refractivity contribution is -0.128. The number of nitrogens with one attached hydrogen (secondary N) is 2. The lowest BCUT2D eigenvalue weighted by Crippen LogP contribution is -2.61. The van der Waals surface area contributed by atoms with Crippen molar-refractivity contribution in [2.45, 2.75) is 6.04 Å². The highest BCUT2D eigenvalue weighted by molar-refractivity contribution is 5.80. The number of rotatable bonds is 2. The van der Waals surface area contributed by atoms with Gasteiger partial charge >= 0.3 is 0 Å². The third kappa shape index (κ3) is 1.44.